The molecule has 0 unspecified atom stereocenters. The van der Waals surface area contributed by atoms with Crippen LogP contribution < -0.4 is 5.32 Å². The van der Waals surface area contributed by atoms with Gasteiger partial charge in [0.05, 0.1) is 6.10 Å². The standard InChI is InChI=1S/C13H15N3O2S/c1-9(14-13(18)11-8-19-16-15-11)7-12(17)10-5-3-2-4-6-10/h2-6,8-9,12,17H,7H2,1H3,(H,14,18)/t9-,12+/m0/s1. The molecule has 0 spiro atoms. The third kappa shape index (κ3) is 3.84. The van der Waals surface area contributed by atoms with Crippen LogP contribution in [0.25, 0.3) is 0 Å². The molecule has 100 valence electrons. The minimum Gasteiger partial charge on any atom is -0.388 e. The molecule has 1 aromatic heterocycles. The maximum atomic E-state index is 11.7. The second-order valence-corrected chi connectivity index (χ2v) is 4.94. The van der Waals surface area contributed by atoms with Gasteiger partial charge in [-0.25, -0.2) is 0 Å². The summed E-state index contributed by atoms with van der Waals surface area (Å²) >= 11 is 1.13. The number of nitrogens with zero attached hydrogens (tertiary/aromatic N) is 2. The Hall–Kier alpha value is -1.79. The number of aliphatic hydroxyl groups excluding tert-OH is 1. The van der Waals surface area contributed by atoms with Crippen molar-refractivity contribution in [1.29, 1.82) is 0 Å². The Morgan fingerprint density at radius 2 is 2.16 bits per heavy atom. The molecule has 0 fully saturated rings. The summed E-state index contributed by atoms with van der Waals surface area (Å²) in [7, 11) is 0. The smallest absolute Gasteiger partial charge is 0.272 e. The molecular weight excluding hydrogens is 262 g/mol. The summed E-state index contributed by atoms with van der Waals surface area (Å²) in [4.78, 5) is 11.7. The summed E-state index contributed by atoms with van der Waals surface area (Å²) in [5.41, 5.74) is 1.16. The van der Waals surface area contributed by atoms with Crippen LogP contribution in [0.3, 0.4) is 0 Å². The molecule has 0 aliphatic heterocycles. The molecule has 5 nitrogen and oxygen atoms in total. The monoisotopic (exact) mass is 277 g/mol. The van der Waals surface area contributed by atoms with Crippen molar-refractivity contribution in [1.82, 2.24) is 14.9 Å². The van der Waals surface area contributed by atoms with E-state index in [1.165, 1.54) is 0 Å². The van der Waals surface area contributed by atoms with Gasteiger partial charge in [-0.15, -0.1) is 5.10 Å². The minimum absolute atomic E-state index is 0.149. The number of carbonyl (C=O) groups excluding carboxylic acids is 1. The quantitative estimate of drug-likeness (QED) is 0.873. The van der Waals surface area contributed by atoms with Crippen molar-refractivity contribution in [2.24, 2.45) is 0 Å². The summed E-state index contributed by atoms with van der Waals surface area (Å²) in [5.74, 6) is -0.262. The van der Waals surface area contributed by atoms with Crippen LogP contribution in [0.15, 0.2) is 35.7 Å². The Morgan fingerprint density at radius 1 is 1.42 bits per heavy atom. The van der Waals surface area contributed by atoms with Gasteiger partial charge in [0.1, 0.15) is 0 Å². The van der Waals surface area contributed by atoms with Crippen molar-refractivity contribution in [2.45, 2.75) is 25.5 Å². The van der Waals surface area contributed by atoms with Gasteiger partial charge in [-0.05, 0) is 30.4 Å². The Kier molecular flexibility index (Phi) is 4.59. The van der Waals surface area contributed by atoms with Gasteiger partial charge in [0.2, 0.25) is 0 Å². The van der Waals surface area contributed by atoms with E-state index in [4.69, 9.17) is 0 Å². The lowest BCUT2D eigenvalue weighted by Crippen LogP contribution is -2.34. The third-order valence-corrected chi connectivity index (χ3v) is 3.24. The molecule has 2 N–H and O–H groups in total. The van der Waals surface area contributed by atoms with E-state index in [0.717, 1.165) is 17.1 Å². The van der Waals surface area contributed by atoms with Gasteiger partial charge in [-0.3, -0.25) is 4.79 Å². The van der Waals surface area contributed by atoms with Crippen molar-refractivity contribution in [3.63, 3.8) is 0 Å². The Morgan fingerprint density at radius 3 is 2.79 bits per heavy atom. The molecule has 0 saturated heterocycles. The number of hydrogen-bond acceptors (Lipinski definition) is 5. The average Bonchev–Trinajstić information content (AvgIpc) is 2.93. The van der Waals surface area contributed by atoms with Crippen molar-refractivity contribution in [3.8, 4) is 0 Å². The Bertz CT molecular complexity index is 516. The van der Waals surface area contributed by atoms with Gasteiger partial charge in [0.25, 0.3) is 5.91 Å². The highest BCUT2D eigenvalue weighted by molar-refractivity contribution is 7.03. The number of aromatic nitrogens is 2. The van der Waals surface area contributed by atoms with Crippen molar-refractivity contribution in [3.05, 3.63) is 47.0 Å². The van der Waals surface area contributed by atoms with Gasteiger partial charge in [0, 0.05) is 11.4 Å². The molecule has 1 amide bonds. The summed E-state index contributed by atoms with van der Waals surface area (Å²) in [5, 5.41) is 18.1. The van der Waals surface area contributed by atoms with E-state index in [1.807, 2.05) is 37.3 Å². The highest BCUT2D eigenvalue weighted by Crippen LogP contribution is 2.17. The van der Waals surface area contributed by atoms with Crippen LogP contribution in [0.4, 0.5) is 0 Å². The average molecular weight is 277 g/mol. The van der Waals surface area contributed by atoms with E-state index in [1.54, 1.807) is 5.38 Å². The van der Waals surface area contributed by atoms with Crippen LogP contribution in [0, 0.1) is 0 Å². The molecule has 0 radical (unpaired) electrons. The Balaban J connectivity index is 1.88. The zero-order chi connectivity index (χ0) is 13.7. The van der Waals surface area contributed by atoms with Gasteiger partial charge in [0.15, 0.2) is 5.69 Å². The molecule has 2 aromatic rings. The number of amides is 1. The number of rotatable bonds is 5. The molecule has 19 heavy (non-hydrogen) atoms. The predicted octanol–water partition coefficient (Wildman–Crippen LogP) is 1.78. The maximum absolute atomic E-state index is 11.7. The molecular formula is C13H15N3O2S. The van der Waals surface area contributed by atoms with E-state index in [9.17, 15) is 9.90 Å². The van der Waals surface area contributed by atoms with Gasteiger partial charge in [-0.2, -0.15) is 0 Å². The molecule has 0 aliphatic carbocycles. The van der Waals surface area contributed by atoms with Crippen LogP contribution in [0.5, 0.6) is 0 Å². The largest absolute Gasteiger partial charge is 0.388 e. The first kappa shape index (κ1) is 13.6. The van der Waals surface area contributed by atoms with E-state index < -0.39 is 6.10 Å². The van der Waals surface area contributed by atoms with Crippen molar-refractivity contribution in [2.75, 3.05) is 0 Å². The summed E-state index contributed by atoms with van der Waals surface area (Å²) < 4.78 is 3.64. The predicted molar refractivity (Wildman–Crippen MR) is 72.9 cm³/mol. The summed E-state index contributed by atoms with van der Waals surface area (Å²) in [6.07, 6.45) is -0.141. The van der Waals surface area contributed by atoms with E-state index in [2.05, 4.69) is 14.9 Å². The lowest BCUT2D eigenvalue weighted by molar-refractivity contribution is 0.0912. The molecule has 6 heteroatoms. The molecule has 0 saturated carbocycles. The van der Waals surface area contributed by atoms with Gasteiger partial charge >= 0.3 is 0 Å². The molecule has 2 rings (SSSR count). The molecule has 1 aromatic carbocycles. The van der Waals surface area contributed by atoms with Gasteiger partial charge < -0.3 is 10.4 Å². The molecule has 0 bridgehead atoms. The lowest BCUT2D eigenvalue weighted by Gasteiger charge is -2.17. The van der Waals surface area contributed by atoms with Crippen LogP contribution >= 0.6 is 11.5 Å². The number of nitrogens with one attached hydrogen (secondary N) is 1. The van der Waals surface area contributed by atoms with Crippen molar-refractivity contribution < 1.29 is 9.90 Å². The zero-order valence-electron chi connectivity index (χ0n) is 10.5. The van der Waals surface area contributed by atoms with Crippen LogP contribution in [-0.4, -0.2) is 26.6 Å². The van der Waals surface area contributed by atoms with Crippen LogP contribution in [0.1, 0.15) is 35.5 Å². The number of aliphatic hydroxyl groups is 1. The first-order chi connectivity index (χ1) is 9.16. The number of benzene rings is 1. The molecule has 0 aliphatic rings. The second kappa shape index (κ2) is 6.40. The minimum atomic E-state index is -0.593. The SMILES string of the molecule is C[C@@H](C[C@@H](O)c1ccccc1)NC(=O)c1csnn1. The third-order valence-electron chi connectivity index (χ3n) is 2.73. The number of hydrogen-bond donors (Lipinski definition) is 2. The van der Waals surface area contributed by atoms with Crippen LogP contribution in [0.2, 0.25) is 0 Å². The van der Waals surface area contributed by atoms with E-state index in [-0.39, 0.29) is 11.9 Å². The highest BCUT2D eigenvalue weighted by Gasteiger charge is 2.16. The normalized spacial score (nSPS) is 13.8. The van der Waals surface area contributed by atoms with E-state index >= 15 is 0 Å². The van der Waals surface area contributed by atoms with Crippen molar-refractivity contribution >= 4 is 17.4 Å². The zero-order valence-corrected chi connectivity index (χ0v) is 11.3. The second-order valence-electron chi connectivity index (χ2n) is 4.33. The maximum Gasteiger partial charge on any atom is 0.272 e. The lowest BCUT2D eigenvalue weighted by atomic mass is 10.0. The summed E-state index contributed by atoms with van der Waals surface area (Å²) in [6, 6.07) is 9.24. The van der Waals surface area contributed by atoms with E-state index in [0.29, 0.717) is 12.1 Å². The fourth-order valence-corrected chi connectivity index (χ4v) is 2.20. The fourth-order valence-electron chi connectivity index (χ4n) is 1.77. The molecule has 2 atom stereocenters. The highest BCUT2D eigenvalue weighted by atomic mass is 32.1. The fraction of sp³-hybridized carbons (Fsp3) is 0.308. The van der Waals surface area contributed by atoms with Crippen LogP contribution in [-0.2, 0) is 0 Å². The first-order valence-corrected chi connectivity index (χ1v) is 6.81. The molecule has 1 heterocycles. The van der Waals surface area contributed by atoms with Gasteiger partial charge in [-0.1, -0.05) is 34.8 Å². The summed E-state index contributed by atoms with van der Waals surface area (Å²) in [6.45, 7) is 1.85. The topological polar surface area (TPSA) is 75.1 Å². The Labute approximate surface area is 115 Å². The first-order valence-electron chi connectivity index (χ1n) is 5.97. The number of carbonyl (C=O) groups is 1.